The molecule has 0 aromatic rings. The molecule has 1 N–H and O–H groups in total. The van der Waals surface area contributed by atoms with E-state index >= 15 is 0 Å². The van der Waals surface area contributed by atoms with E-state index in [-0.39, 0.29) is 18.9 Å². The van der Waals surface area contributed by atoms with E-state index in [0.717, 1.165) is 12.8 Å². The summed E-state index contributed by atoms with van der Waals surface area (Å²) in [6.07, 6.45) is 2.36. The number of nitrogens with one attached hydrogen (secondary N) is 1. The second kappa shape index (κ2) is 2.66. The smallest absolute Gasteiger partial charge is 0.251 e. The third-order valence-corrected chi connectivity index (χ3v) is 3.16. The average molecular weight is 189 g/mol. The number of alkyl halides is 2. The molecule has 13 heavy (non-hydrogen) atoms. The minimum absolute atomic E-state index is 0.0456. The van der Waals surface area contributed by atoms with Gasteiger partial charge in [-0.1, -0.05) is 13.8 Å². The van der Waals surface area contributed by atoms with Crippen LogP contribution in [-0.2, 0) is 0 Å². The molecule has 0 saturated heterocycles. The van der Waals surface area contributed by atoms with E-state index in [1.54, 1.807) is 0 Å². The molecule has 2 saturated carbocycles. The predicted molar refractivity (Wildman–Crippen MR) is 47.9 cm³/mol. The Morgan fingerprint density at radius 2 is 1.46 bits per heavy atom. The van der Waals surface area contributed by atoms with Crippen LogP contribution in [0.2, 0.25) is 0 Å². The predicted octanol–water partition coefficient (Wildman–Crippen LogP) is 2.56. The van der Waals surface area contributed by atoms with Gasteiger partial charge in [0.15, 0.2) is 0 Å². The number of halogens is 2. The Morgan fingerprint density at radius 3 is 1.85 bits per heavy atom. The van der Waals surface area contributed by atoms with Gasteiger partial charge in [0.05, 0.1) is 0 Å². The fraction of sp³-hybridized carbons (Fsp3) is 1.00. The monoisotopic (exact) mass is 189 g/mol. The van der Waals surface area contributed by atoms with Gasteiger partial charge in [-0.2, -0.15) is 0 Å². The summed E-state index contributed by atoms with van der Waals surface area (Å²) in [7, 11) is 0. The summed E-state index contributed by atoms with van der Waals surface area (Å²) in [6.45, 7) is 4.45. The van der Waals surface area contributed by atoms with E-state index in [0.29, 0.717) is 11.5 Å². The van der Waals surface area contributed by atoms with Crippen molar-refractivity contribution in [2.75, 3.05) is 0 Å². The molecule has 2 rings (SSSR count). The summed E-state index contributed by atoms with van der Waals surface area (Å²) in [6, 6.07) is 0.576. The first-order valence-electron chi connectivity index (χ1n) is 5.00. The van der Waals surface area contributed by atoms with Crippen molar-refractivity contribution in [3.05, 3.63) is 0 Å². The molecule has 0 unspecified atom stereocenters. The molecule has 0 amide bonds. The van der Waals surface area contributed by atoms with Crippen LogP contribution in [0.1, 0.15) is 39.5 Å². The Balaban J connectivity index is 1.66. The summed E-state index contributed by atoms with van der Waals surface area (Å²) in [5, 5.41) is 3.28. The highest BCUT2D eigenvalue weighted by molar-refractivity contribution is 4.98. The normalized spacial score (nSPS) is 32.3. The van der Waals surface area contributed by atoms with E-state index in [1.807, 2.05) is 0 Å². The minimum Gasteiger partial charge on any atom is -0.311 e. The van der Waals surface area contributed by atoms with Crippen LogP contribution in [0.15, 0.2) is 0 Å². The Kier molecular flexibility index (Phi) is 1.92. The third-order valence-electron chi connectivity index (χ3n) is 3.16. The highest BCUT2D eigenvalue weighted by Crippen LogP contribution is 2.43. The molecule has 0 aliphatic heterocycles. The number of hydrogen-bond donors (Lipinski definition) is 1. The van der Waals surface area contributed by atoms with Gasteiger partial charge in [-0.25, -0.2) is 8.78 Å². The summed E-state index contributed by atoms with van der Waals surface area (Å²) < 4.78 is 24.9. The van der Waals surface area contributed by atoms with E-state index in [4.69, 9.17) is 0 Å². The van der Waals surface area contributed by atoms with Gasteiger partial charge in [0.25, 0.3) is 5.92 Å². The fourth-order valence-electron chi connectivity index (χ4n) is 2.50. The van der Waals surface area contributed by atoms with Crippen LogP contribution in [0.3, 0.4) is 0 Å². The first-order valence-corrected chi connectivity index (χ1v) is 5.00. The second-order valence-corrected chi connectivity index (χ2v) is 5.40. The average Bonchev–Trinajstić information content (AvgIpc) is 1.78. The zero-order valence-corrected chi connectivity index (χ0v) is 8.24. The lowest BCUT2D eigenvalue weighted by atomic mass is 9.68. The molecule has 0 spiro atoms. The minimum atomic E-state index is -2.38. The molecule has 0 aromatic heterocycles. The summed E-state index contributed by atoms with van der Waals surface area (Å²) >= 11 is 0. The molecule has 2 aliphatic rings. The molecule has 2 aliphatic carbocycles. The SMILES string of the molecule is CC1(C)CC(NC2CC(F)(F)C2)C1. The molecule has 2 fully saturated rings. The second-order valence-electron chi connectivity index (χ2n) is 5.40. The van der Waals surface area contributed by atoms with Crippen LogP contribution in [0.25, 0.3) is 0 Å². The first kappa shape index (κ1) is 9.38. The van der Waals surface area contributed by atoms with Crippen LogP contribution >= 0.6 is 0 Å². The van der Waals surface area contributed by atoms with E-state index in [1.165, 1.54) is 0 Å². The molecular weight excluding hydrogens is 172 g/mol. The van der Waals surface area contributed by atoms with Crippen molar-refractivity contribution in [3.8, 4) is 0 Å². The van der Waals surface area contributed by atoms with Crippen molar-refractivity contribution in [1.82, 2.24) is 5.32 Å². The van der Waals surface area contributed by atoms with E-state index in [2.05, 4.69) is 19.2 Å². The molecule has 0 atom stereocenters. The zero-order chi connectivity index (χ0) is 9.69. The highest BCUT2D eigenvalue weighted by atomic mass is 19.3. The van der Waals surface area contributed by atoms with Crippen molar-refractivity contribution >= 4 is 0 Å². The van der Waals surface area contributed by atoms with Gasteiger partial charge in [0.1, 0.15) is 0 Å². The Labute approximate surface area is 77.9 Å². The first-order chi connectivity index (χ1) is 5.86. The van der Waals surface area contributed by atoms with Gasteiger partial charge in [-0.3, -0.25) is 0 Å². The largest absolute Gasteiger partial charge is 0.311 e. The van der Waals surface area contributed by atoms with Gasteiger partial charge in [0.2, 0.25) is 0 Å². The molecular formula is C10H17F2N. The van der Waals surface area contributed by atoms with Crippen LogP contribution in [0.5, 0.6) is 0 Å². The molecule has 0 radical (unpaired) electrons. The van der Waals surface area contributed by atoms with E-state index in [9.17, 15) is 8.78 Å². The number of rotatable bonds is 2. The van der Waals surface area contributed by atoms with Crippen LogP contribution in [0, 0.1) is 5.41 Å². The van der Waals surface area contributed by atoms with Crippen molar-refractivity contribution in [2.45, 2.75) is 57.5 Å². The molecule has 0 heterocycles. The van der Waals surface area contributed by atoms with Gasteiger partial charge < -0.3 is 5.32 Å². The lowest BCUT2D eigenvalue weighted by Gasteiger charge is -2.47. The Morgan fingerprint density at radius 1 is 1.00 bits per heavy atom. The standard InChI is InChI=1S/C10H17F2N/c1-9(2)3-7(4-9)13-8-5-10(11,12)6-8/h7-8,13H,3-6H2,1-2H3. The summed E-state index contributed by atoms with van der Waals surface area (Å²) in [5.74, 6) is -2.38. The maximum atomic E-state index is 12.5. The van der Waals surface area contributed by atoms with Gasteiger partial charge in [0, 0.05) is 24.9 Å². The molecule has 1 nitrogen and oxygen atoms in total. The van der Waals surface area contributed by atoms with Crippen LogP contribution in [-0.4, -0.2) is 18.0 Å². The highest BCUT2D eigenvalue weighted by Gasteiger charge is 2.47. The third kappa shape index (κ3) is 2.01. The van der Waals surface area contributed by atoms with Crippen molar-refractivity contribution in [3.63, 3.8) is 0 Å². The topological polar surface area (TPSA) is 12.0 Å². The van der Waals surface area contributed by atoms with Gasteiger partial charge in [-0.05, 0) is 18.3 Å². The Bertz CT molecular complexity index is 175. The zero-order valence-electron chi connectivity index (χ0n) is 8.24. The molecule has 0 bridgehead atoms. The lowest BCUT2D eigenvalue weighted by molar-refractivity contribution is -0.0993. The quantitative estimate of drug-likeness (QED) is 0.704. The van der Waals surface area contributed by atoms with Crippen molar-refractivity contribution < 1.29 is 8.78 Å². The van der Waals surface area contributed by atoms with Crippen molar-refractivity contribution in [1.29, 1.82) is 0 Å². The van der Waals surface area contributed by atoms with Gasteiger partial charge >= 0.3 is 0 Å². The molecule has 0 aromatic carbocycles. The number of hydrogen-bond acceptors (Lipinski definition) is 1. The van der Waals surface area contributed by atoms with Crippen LogP contribution in [0.4, 0.5) is 8.78 Å². The van der Waals surface area contributed by atoms with Crippen molar-refractivity contribution in [2.24, 2.45) is 5.41 Å². The maximum Gasteiger partial charge on any atom is 0.251 e. The molecule has 3 heteroatoms. The Hall–Kier alpha value is -0.180. The lowest BCUT2D eigenvalue weighted by Crippen LogP contribution is -2.56. The summed E-state index contributed by atoms with van der Waals surface area (Å²) in [5.41, 5.74) is 0.434. The summed E-state index contributed by atoms with van der Waals surface area (Å²) in [4.78, 5) is 0. The molecule has 76 valence electrons. The van der Waals surface area contributed by atoms with Crippen LogP contribution < -0.4 is 5.32 Å². The maximum absolute atomic E-state index is 12.5. The fourth-order valence-corrected chi connectivity index (χ4v) is 2.50. The van der Waals surface area contributed by atoms with Gasteiger partial charge in [-0.15, -0.1) is 0 Å². The van der Waals surface area contributed by atoms with E-state index < -0.39 is 5.92 Å².